The molecule has 2 aliphatic heterocycles. The van der Waals surface area contributed by atoms with Crippen LogP contribution in [0.3, 0.4) is 0 Å². The van der Waals surface area contributed by atoms with Gasteiger partial charge in [0.1, 0.15) is 6.26 Å². The van der Waals surface area contributed by atoms with Crippen molar-refractivity contribution in [2.75, 3.05) is 33.2 Å². The number of aromatic nitrogens is 1. The van der Waals surface area contributed by atoms with Crippen LogP contribution in [0.5, 0.6) is 0 Å². The van der Waals surface area contributed by atoms with E-state index < -0.39 is 0 Å². The normalized spacial score (nSPS) is 20.3. The summed E-state index contributed by atoms with van der Waals surface area (Å²) in [5, 5.41) is 2.03. The molecule has 2 saturated heterocycles. The fraction of sp³-hybridized carbons (Fsp3) is 0.529. The third kappa shape index (κ3) is 3.06. The van der Waals surface area contributed by atoms with E-state index in [1.807, 2.05) is 34.4 Å². The van der Waals surface area contributed by atoms with Gasteiger partial charge < -0.3 is 14.2 Å². The summed E-state index contributed by atoms with van der Waals surface area (Å²) in [6.07, 6.45) is 3.84. The number of rotatable bonds is 4. The van der Waals surface area contributed by atoms with Crippen molar-refractivity contribution in [1.82, 2.24) is 19.7 Å². The SMILES string of the molecule is CN1CCN(C2CCN(Cc3coc(-c4cccs4)n3)CC2)C1=O. The molecule has 0 atom stereocenters. The highest BCUT2D eigenvalue weighted by molar-refractivity contribution is 7.13. The Morgan fingerprint density at radius 2 is 2.12 bits per heavy atom. The average molecular weight is 346 g/mol. The fourth-order valence-corrected chi connectivity index (χ4v) is 4.17. The highest BCUT2D eigenvalue weighted by Crippen LogP contribution is 2.25. The zero-order chi connectivity index (χ0) is 16.5. The summed E-state index contributed by atoms with van der Waals surface area (Å²) < 4.78 is 5.59. The molecule has 0 aromatic carbocycles. The molecule has 0 bridgehead atoms. The molecular formula is C17H22N4O2S. The maximum absolute atomic E-state index is 12.1. The van der Waals surface area contributed by atoms with Gasteiger partial charge in [-0.1, -0.05) is 6.07 Å². The number of thiophene rings is 1. The van der Waals surface area contributed by atoms with Gasteiger partial charge in [0.15, 0.2) is 0 Å². The second-order valence-electron chi connectivity index (χ2n) is 6.53. The third-order valence-corrected chi connectivity index (χ3v) is 5.77. The monoisotopic (exact) mass is 346 g/mol. The number of amides is 2. The van der Waals surface area contributed by atoms with E-state index in [4.69, 9.17) is 4.42 Å². The van der Waals surface area contributed by atoms with Crippen molar-refractivity contribution < 1.29 is 9.21 Å². The van der Waals surface area contributed by atoms with Gasteiger partial charge >= 0.3 is 6.03 Å². The summed E-state index contributed by atoms with van der Waals surface area (Å²) in [6.45, 7) is 4.53. The minimum Gasteiger partial charge on any atom is -0.444 e. The maximum Gasteiger partial charge on any atom is 0.320 e. The van der Waals surface area contributed by atoms with Gasteiger partial charge in [0, 0.05) is 45.8 Å². The Labute approximate surface area is 145 Å². The van der Waals surface area contributed by atoms with Crippen molar-refractivity contribution in [1.29, 1.82) is 0 Å². The molecule has 2 amide bonds. The molecule has 0 aliphatic carbocycles. The molecule has 0 N–H and O–H groups in total. The standard InChI is InChI=1S/C17H22N4O2S/c1-19-8-9-21(17(19)22)14-4-6-20(7-5-14)11-13-12-23-16(18-13)15-3-2-10-24-15/h2-3,10,12,14H,4-9,11H2,1H3. The lowest BCUT2D eigenvalue weighted by Crippen LogP contribution is -2.46. The molecule has 4 heterocycles. The molecule has 4 rings (SSSR count). The minimum absolute atomic E-state index is 0.186. The number of hydrogen-bond acceptors (Lipinski definition) is 5. The van der Waals surface area contributed by atoms with E-state index in [1.54, 1.807) is 17.6 Å². The van der Waals surface area contributed by atoms with Gasteiger partial charge in [-0.3, -0.25) is 4.90 Å². The van der Waals surface area contributed by atoms with Crippen LogP contribution < -0.4 is 0 Å². The predicted octanol–water partition coefficient (Wildman–Crippen LogP) is 2.73. The molecule has 0 unspecified atom stereocenters. The van der Waals surface area contributed by atoms with Gasteiger partial charge in [0.25, 0.3) is 0 Å². The molecule has 6 nitrogen and oxygen atoms in total. The summed E-state index contributed by atoms with van der Waals surface area (Å²) in [5.74, 6) is 0.709. The Balaban J connectivity index is 1.31. The second-order valence-corrected chi connectivity index (χ2v) is 7.47. The first kappa shape index (κ1) is 15.7. The quantitative estimate of drug-likeness (QED) is 0.854. The summed E-state index contributed by atoms with van der Waals surface area (Å²) in [6, 6.07) is 4.60. The van der Waals surface area contributed by atoms with E-state index in [-0.39, 0.29) is 6.03 Å². The van der Waals surface area contributed by atoms with Crippen molar-refractivity contribution >= 4 is 17.4 Å². The first-order valence-corrected chi connectivity index (χ1v) is 9.31. The van der Waals surface area contributed by atoms with Crippen LogP contribution >= 0.6 is 11.3 Å². The molecule has 2 aliphatic rings. The van der Waals surface area contributed by atoms with E-state index in [0.717, 1.165) is 56.1 Å². The van der Waals surface area contributed by atoms with Gasteiger partial charge in [0.2, 0.25) is 5.89 Å². The smallest absolute Gasteiger partial charge is 0.320 e. The number of hydrogen-bond donors (Lipinski definition) is 0. The van der Waals surface area contributed by atoms with Crippen molar-refractivity contribution in [3.8, 4) is 10.8 Å². The Bertz CT molecular complexity index is 691. The van der Waals surface area contributed by atoms with Gasteiger partial charge in [-0.05, 0) is 24.3 Å². The molecule has 2 aromatic heterocycles. The summed E-state index contributed by atoms with van der Waals surface area (Å²) in [4.78, 5) is 24.0. The van der Waals surface area contributed by atoms with Crippen LogP contribution in [0.15, 0.2) is 28.2 Å². The Morgan fingerprint density at radius 1 is 1.29 bits per heavy atom. The van der Waals surface area contributed by atoms with Crippen LogP contribution in [0.1, 0.15) is 18.5 Å². The van der Waals surface area contributed by atoms with Crippen molar-refractivity contribution in [2.24, 2.45) is 0 Å². The van der Waals surface area contributed by atoms with Gasteiger partial charge in [0.05, 0.1) is 10.6 Å². The average Bonchev–Trinajstić information content (AvgIpc) is 3.32. The van der Waals surface area contributed by atoms with E-state index in [9.17, 15) is 4.79 Å². The predicted molar refractivity (Wildman–Crippen MR) is 92.8 cm³/mol. The van der Waals surface area contributed by atoms with Crippen LogP contribution in [-0.4, -0.2) is 65.0 Å². The topological polar surface area (TPSA) is 52.8 Å². The first-order valence-electron chi connectivity index (χ1n) is 8.43. The minimum atomic E-state index is 0.186. The number of likely N-dealkylation sites (tertiary alicyclic amines) is 1. The molecule has 2 aromatic rings. The molecule has 0 radical (unpaired) electrons. The lowest BCUT2D eigenvalue weighted by atomic mass is 10.0. The Hall–Kier alpha value is -1.86. The number of oxazole rings is 1. The summed E-state index contributed by atoms with van der Waals surface area (Å²) in [5.41, 5.74) is 0.980. The number of likely N-dealkylation sites (N-methyl/N-ethyl adjacent to an activating group) is 1. The van der Waals surface area contributed by atoms with E-state index in [2.05, 4.69) is 9.88 Å². The molecule has 0 spiro atoms. The van der Waals surface area contributed by atoms with Crippen LogP contribution in [0.2, 0.25) is 0 Å². The lowest BCUT2D eigenvalue weighted by molar-refractivity contribution is 0.127. The van der Waals surface area contributed by atoms with E-state index in [0.29, 0.717) is 11.9 Å². The number of piperidine rings is 1. The third-order valence-electron chi connectivity index (χ3n) is 4.92. The number of nitrogens with zero attached hydrogens (tertiary/aromatic N) is 4. The Kier molecular flexibility index (Phi) is 4.28. The van der Waals surface area contributed by atoms with Crippen molar-refractivity contribution in [3.63, 3.8) is 0 Å². The fourth-order valence-electron chi connectivity index (χ4n) is 3.52. The van der Waals surface area contributed by atoms with Gasteiger partial charge in [-0.25, -0.2) is 9.78 Å². The molecule has 128 valence electrons. The maximum atomic E-state index is 12.1. The number of carbonyl (C=O) groups excluding carboxylic acids is 1. The molecule has 7 heteroatoms. The van der Waals surface area contributed by atoms with Gasteiger partial charge in [-0.2, -0.15) is 0 Å². The summed E-state index contributed by atoms with van der Waals surface area (Å²) in [7, 11) is 1.88. The zero-order valence-electron chi connectivity index (χ0n) is 13.9. The molecule has 24 heavy (non-hydrogen) atoms. The van der Waals surface area contributed by atoms with Crippen LogP contribution in [0, 0.1) is 0 Å². The molecule has 0 saturated carbocycles. The second kappa shape index (κ2) is 6.57. The van der Waals surface area contributed by atoms with Crippen molar-refractivity contribution in [3.05, 3.63) is 29.5 Å². The highest BCUT2D eigenvalue weighted by atomic mass is 32.1. The van der Waals surface area contributed by atoms with Gasteiger partial charge in [-0.15, -0.1) is 11.3 Å². The number of carbonyl (C=O) groups is 1. The molecule has 2 fully saturated rings. The molecular weight excluding hydrogens is 324 g/mol. The van der Waals surface area contributed by atoms with E-state index >= 15 is 0 Å². The lowest BCUT2D eigenvalue weighted by Gasteiger charge is -2.36. The van der Waals surface area contributed by atoms with Crippen LogP contribution in [0.4, 0.5) is 4.79 Å². The largest absolute Gasteiger partial charge is 0.444 e. The van der Waals surface area contributed by atoms with E-state index in [1.165, 1.54) is 0 Å². The highest BCUT2D eigenvalue weighted by Gasteiger charge is 2.33. The zero-order valence-corrected chi connectivity index (χ0v) is 14.7. The van der Waals surface area contributed by atoms with Crippen LogP contribution in [-0.2, 0) is 6.54 Å². The Morgan fingerprint density at radius 3 is 2.79 bits per heavy atom. The number of urea groups is 1. The summed E-state index contributed by atoms with van der Waals surface area (Å²) >= 11 is 1.64. The first-order chi connectivity index (χ1) is 11.7. The van der Waals surface area contributed by atoms with Crippen molar-refractivity contribution in [2.45, 2.75) is 25.4 Å². The van der Waals surface area contributed by atoms with Crippen LogP contribution in [0.25, 0.3) is 10.8 Å².